The number of carbonyl (C=O) groups is 1. The number of anilines is 2. The number of hydrogen-bond acceptors (Lipinski definition) is 6. The first-order valence-corrected chi connectivity index (χ1v) is 8.66. The fourth-order valence-electron chi connectivity index (χ4n) is 2.72. The van der Waals surface area contributed by atoms with Crippen LogP contribution in [0.15, 0.2) is 77.3 Å². The lowest BCUT2D eigenvalue weighted by atomic mass is 10.2. The molecule has 2 aliphatic heterocycles. The van der Waals surface area contributed by atoms with Crippen LogP contribution < -0.4 is 26.3 Å². The third-order valence-corrected chi connectivity index (χ3v) is 4.05. The molecule has 4 rings (SSSR count). The molecule has 0 fully saturated rings. The predicted molar refractivity (Wildman–Crippen MR) is 104 cm³/mol. The maximum atomic E-state index is 12.8. The summed E-state index contributed by atoms with van der Waals surface area (Å²) in [5, 5.41) is 6.37. The molecule has 2 heterocycles. The van der Waals surface area contributed by atoms with E-state index in [2.05, 4.69) is 26.5 Å². The van der Waals surface area contributed by atoms with E-state index in [0.717, 1.165) is 17.8 Å². The van der Waals surface area contributed by atoms with Crippen LogP contribution in [0.2, 0.25) is 0 Å². The smallest absolute Gasteiger partial charge is 0.374 e. The number of rotatable bonds is 4. The first kappa shape index (κ1) is 19.2. The summed E-state index contributed by atoms with van der Waals surface area (Å²) in [5.74, 6) is 0.410. The zero-order valence-corrected chi connectivity index (χ0v) is 15.2. The fourth-order valence-corrected chi connectivity index (χ4v) is 2.72. The highest BCUT2D eigenvalue weighted by Crippen LogP contribution is 2.30. The van der Waals surface area contributed by atoms with Gasteiger partial charge in [-0.3, -0.25) is 5.43 Å². The van der Waals surface area contributed by atoms with Gasteiger partial charge < -0.3 is 20.9 Å². The second-order valence-electron chi connectivity index (χ2n) is 6.21. The summed E-state index contributed by atoms with van der Waals surface area (Å²) in [5.41, 5.74) is 6.73. The van der Waals surface area contributed by atoms with Crippen molar-refractivity contribution in [2.45, 2.75) is 6.18 Å². The van der Waals surface area contributed by atoms with E-state index in [1.54, 1.807) is 36.7 Å². The molecule has 11 heteroatoms. The van der Waals surface area contributed by atoms with Gasteiger partial charge in [0.05, 0.1) is 11.8 Å². The molecule has 8 nitrogen and oxygen atoms in total. The summed E-state index contributed by atoms with van der Waals surface area (Å²) in [6.45, 7) is 0. The molecule has 2 aliphatic rings. The lowest BCUT2D eigenvalue weighted by Crippen LogP contribution is -2.29. The molecule has 154 valence electrons. The van der Waals surface area contributed by atoms with Gasteiger partial charge in [0.25, 0.3) is 0 Å². The minimum absolute atomic E-state index is 0.0201. The second-order valence-corrected chi connectivity index (χ2v) is 6.21. The van der Waals surface area contributed by atoms with Crippen molar-refractivity contribution >= 4 is 23.7 Å². The van der Waals surface area contributed by atoms with Gasteiger partial charge in [-0.15, -0.1) is 0 Å². The van der Waals surface area contributed by atoms with Crippen molar-refractivity contribution in [1.29, 1.82) is 0 Å². The molecule has 2 aromatic rings. The van der Waals surface area contributed by atoms with Crippen molar-refractivity contribution in [1.82, 2.24) is 15.9 Å². The third-order valence-electron chi connectivity index (χ3n) is 4.05. The highest BCUT2D eigenvalue weighted by molar-refractivity contribution is 5.99. The molecule has 0 radical (unpaired) electrons. The van der Waals surface area contributed by atoms with E-state index in [1.165, 1.54) is 23.5 Å². The highest BCUT2D eigenvalue weighted by Gasteiger charge is 2.30. The molecule has 4 N–H and O–H groups in total. The van der Waals surface area contributed by atoms with Crippen LogP contribution in [0.5, 0.6) is 5.75 Å². The molecule has 0 bridgehead atoms. The van der Waals surface area contributed by atoms with Crippen molar-refractivity contribution in [2.75, 3.05) is 10.6 Å². The second kappa shape index (κ2) is 7.70. The van der Waals surface area contributed by atoms with E-state index < -0.39 is 17.8 Å². The summed E-state index contributed by atoms with van der Waals surface area (Å²) >= 11 is 0. The first-order chi connectivity index (χ1) is 14.4. The van der Waals surface area contributed by atoms with Crippen LogP contribution >= 0.6 is 0 Å². The average molecular weight is 416 g/mol. The molecular weight excluding hydrogens is 401 g/mol. The van der Waals surface area contributed by atoms with Crippen LogP contribution in [-0.2, 0) is 6.18 Å². The minimum atomic E-state index is -4.49. The number of hydrazine groups is 1. The zero-order chi connectivity index (χ0) is 21.1. The molecule has 2 aromatic carbocycles. The van der Waals surface area contributed by atoms with Gasteiger partial charge in [0.1, 0.15) is 17.7 Å². The van der Waals surface area contributed by atoms with Crippen molar-refractivity contribution in [3.05, 3.63) is 77.9 Å². The van der Waals surface area contributed by atoms with E-state index in [1.807, 2.05) is 0 Å². The molecule has 2 amide bonds. The predicted octanol–water partition coefficient (Wildman–Crippen LogP) is 3.78. The molecule has 0 saturated carbocycles. The maximum absolute atomic E-state index is 12.8. The van der Waals surface area contributed by atoms with Gasteiger partial charge in [0.2, 0.25) is 0 Å². The van der Waals surface area contributed by atoms with Gasteiger partial charge >= 0.3 is 12.2 Å². The Morgan fingerprint density at radius 2 is 1.80 bits per heavy atom. The largest absolute Gasteiger partial charge is 0.416 e. The van der Waals surface area contributed by atoms with Crippen LogP contribution in [-0.4, -0.2) is 17.4 Å². The quantitative estimate of drug-likeness (QED) is 0.609. The number of benzene rings is 2. The topological polar surface area (TPSA) is 90.0 Å². The summed E-state index contributed by atoms with van der Waals surface area (Å²) in [4.78, 5) is 22.0. The number of carbonyl (C=O) groups excluding carboxylic acids is 1. The maximum Gasteiger partial charge on any atom is 0.416 e. The Hall–Kier alpha value is -4.15. The number of urea groups is 1. The molecule has 30 heavy (non-hydrogen) atoms. The van der Waals surface area contributed by atoms with Crippen molar-refractivity contribution in [3.63, 3.8) is 0 Å². The van der Waals surface area contributed by atoms with Crippen molar-refractivity contribution in [3.8, 4) is 5.75 Å². The molecule has 0 aromatic heterocycles. The number of hydroxylamine groups is 2. The standard InChI is InChI=1S/C19H15F3N6O2/c20-19(21,22)12-3-1-4-13(7-12)25-18(29)26-14-5-2-6-15(8-14)30-28-11-23-9-16-17(28)10-24-27-16/h1-11,24,27H,(H2,25,26,29). The Kier molecular flexibility index (Phi) is 4.92. The van der Waals surface area contributed by atoms with Gasteiger partial charge in [-0.2, -0.15) is 18.2 Å². The van der Waals surface area contributed by atoms with Crippen molar-refractivity contribution < 1.29 is 22.8 Å². The summed E-state index contributed by atoms with van der Waals surface area (Å²) in [6, 6.07) is 10.2. The van der Waals surface area contributed by atoms with E-state index in [0.29, 0.717) is 17.1 Å². The number of fused-ring (bicyclic) bond motifs is 1. The Bertz CT molecular complexity index is 1060. The van der Waals surface area contributed by atoms with Crippen LogP contribution in [0.3, 0.4) is 0 Å². The Morgan fingerprint density at radius 1 is 1.07 bits per heavy atom. The van der Waals surface area contributed by atoms with Crippen molar-refractivity contribution in [2.24, 2.45) is 4.99 Å². The molecule has 0 atom stereocenters. The average Bonchev–Trinajstić information content (AvgIpc) is 3.18. The van der Waals surface area contributed by atoms with E-state index in [-0.39, 0.29) is 5.69 Å². The summed E-state index contributed by atoms with van der Waals surface area (Å²) < 4.78 is 38.4. The molecule has 0 aliphatic carbocycles. The van der Waals surface area contributed by atoms with Crippen LogP contribution in [0.25, 0.3) is 0 Å². The minimum Gasteiger partial charge on any atom is -0.374 e. The molecule has 0 unspecified atom stereocenters. The number of nitrogens with one attached hydrogen (secondary N) is 4. The zero-order valence-electron chi connectivity index (χ0n) is 15.2. The third kappa shape index (κ3) is 4.29. The first-order valence-electron chi connectivity index (χ1n) is 8.66. The number of aliphatic imine (C=N–C) groups is 1. The van der Waals surface area contributed by atoms with E-state index >= 15 is 0 Å². The van der Waals surface area contributed by atoms with Gasteiger partial charge in [-0.25, -0.2) is 9.79 Å². The van der Waals surface area contributed by atoms with Crippen LogP contribution in [0.1, 0.15) is 5.56 Å². The highest BCUT2D eigenvalue weighted by atomic mass is 19.4. The number of alkyl halides is 3. The van der Waals surface area contributed by atoms with Crippen LogP contribution in [0.4, 0.5) is 29.3 Å². The van der Waals surface area contributed by atoms with Gasteiger partial charge in [0, 0.05) is 23.6 Å². The lowest BCUT2D eigenvalue weighted by molar-refractivity contribution is -0.137. The fraction of sp³-hybridized carbons (Fsp3) is 0.0526. The normalized spacial score (nSPS) is 14.7. The number of amides is 2. The molecule has 0 saturated heterocycles. The van der Waals surface area contributed by atoms with Gasteiger partial charge in [-0.1, -0.05) is 12.1 Å². The van der Waals surface area contributed by atoms with Crippen LogP contribution in [0, 0.1) is 0 Å². The van der Waals surface area contributed by atoms with E-state index in [4.69, 9.17) is 4.84 Å². The van der Waals surface area contributed by atoms with Gasteiger partial charge in [-0.05, 0) is 30.3 Å². The Balaban J connectivity index is 1.40. The lowest BCUT2D eigenvalue weighted by Gasteiger charge is -2.22. The number of halogens is 3. The Labute approximate surface area is 168 Å². The number of nitrogens with zero attached hydrogens (tertiary/aromatic N) is 2. The monoisotopic (exact) mass is 416 g/mol. The Morgan fingerprint density at radius 3 is 2.57 bits per heavy atom. The molecule has 0 spiro atoms. The summed E-state index contributed by atoms with van der Waals surface area (Å²) in [7, 11) is 0. The SMILES string of the molecule is O=C(Nc1cccc(ON2C=NC=C3NNC=C32)c1)Nc1cccc(C(F)(F)F)c1. The number of hydrogen-bond donors (Lipinski definition) is 4. The summed E-state index contributed by atoms with van der Waals surface area (Å²) in [6.07, 6.45) is 0.306. The molecular formula is C19H15F3N6O2. The van der Waals surface area contributed by atoms with Gasteiger partial charge in [0.15, 0.2) is 5.75 Å². The van der Waals surface area contributed by atoms with E-state index in [9.17, 15) is 18.0 Å².